The van der Waals surface area contributed by atoms with Crippen molar-refractivity contribution in [2.75, 3.05) is 25.6 Å². The summed E-state index contributed by atoms with van der Waals surface area (Å²) in [5.74, 6) is 0.609. The fraction of sp³-hybridized carbons (Fsp3) is 0.412. The number of thiazole rings is 1. The van der Waals surface area contributed by atoms with E-state index >= 15 is 0 Å². The molecule has 0 aromatic carbocycles. The van der Waals surface area contributed by atoms with Gasteiger partial charge in [0.25, 0.3) is 5.91 Å². The van der Waals surface area contributed by atoms with Gasteiger partial charge in [0.2, 0.25) is 5.88 Å². The highest BCUT2D eigenvalue weighted by atomic mass is 32.1. The number of amides is 1. The average Bonchev–Trinajstić information content (AvgIpc) is 3.27. The summed E-state index contributed by atoms with van der Waals surface area (Å²) in [6.07, 6.45) is 6.97. The molecule has 1 aliphatic heterocycles. The summed E-state index contributed by atoms with van der Waals surface area (Å²) in [6, 6.07) is 0. The molecule has 1 aliphatic rings. The van der Waals surface area contributed by atoms with Gasteiger partial charge in [-0.25, -0.2) is 9.97 Å². The number of rotatable bonds is 4. The minimum atomic E-state index is -0.239. The van der Waals surface area contributed by atoms with Crippen LogP contribution >= 0.6 is 11.3 Å². The fourth-order valence-electron chi connectivity index (χ4n) is 3.12. The predicted octanol–water partition coefficient (Wildman–Crippen LogP) is 2.58. The number of carbonyl (C=O) groups is 1. The number of hydrogen-bond acceptors (Lipinski definition) is 7. The van der Waals surface area contributed by atoms with Crippen molar-refractivity contribution in [3.8, 4) is 5.88 Å². The second-order valence-corrected chi connectivity index (χ2v) is 7.16. The topological polar surface area (TPSA) is 91.2 Å². The number of ether oxygens (including phenoxy) is 2. The van der Waals surface area contributed by atoms with Crippen molar-refractivity contribution in [3.63, 3.8) is 0 Å². The third kappa shape index (κ3) is 3.15. The van der Waals surface area contributed by atoms with Crippen molar-refractivity contribution >= 4 is 32.6 Å². The first kappa shape index (κ1) is 16.9. The lowest BCUT2D eigenvalue weighted by atomic mass is 9.93. The number of hydrogen-bond donors (Lipinski definition) is 1. The van der Waals surface area contributed by atoms with Crippen LogP contribution in [0.1, 0.15) is 34.7 Å². The van der Waals surface area contributed by atoms with Gasteiger partial charge in [0, 0.05) is 32.7 Å². The molecule has 4 heterocycles. The van der Waals surface area contributed by atoms with Crippen LogP contribution < -0.4 is 10.1 Å². The van der Waals surface area contributed by atoms with Gasteiger partial charge in [-0.2, -0.15) is 5.10 Å². The first-order valence-electron chi connectivity index (χ1n) is 8.37. The lowest BCUT2D eigenvalue weighted by molar-refractivity contribution is 0.0855. The second kappa shape index (κ2) is 7.00. The summed E-state index contributed by atoms with van der Waals surface area (Å²) in [5.41, 5.74) is 2.31. The van der Waals surface area contributed by atoms with E-state index in [-0.39, 0.29) is 5.91 Å². The number of anilines is 1. The number of aryl methyl sites for hydroxylation is 1. The molecule has 3 aromatic heterocycles. The van der Waals surface area contributed by atoms with E-state index in [2.05, 4.69) is 20.4 Å². The summed E-state index contributed by atoms with van der Waals surface area (Å²) in [5, 5.41) is 7.39. The molecular weight excluding hydrogens is 354 g/mol. The molecule has 0 radical (unpaired) electrons. The highest BCUT2D eigenvalue weighted by Crippen LogP contribution is 2.39. The van der Waals surface area contributed by atoms with E-state index in [1.54, 1.807) is 25.0 Å². The fourth-order valence-corrected chi connectivity index (χ4v) is 4.16. The van der Waals surface area contributed by atoms with E-state index in [0.717, 1.165) is 36.3 Å². The molecule has 3 aromatic rings. The molecule has 0 bridgehead atoms. The average molecular weight is 373 g/mol. The Labute approximate surface area is 154 Å². The molecular formula is C17H19N5O3S. The summed E-state index contributed by atoms with van der Waals surface area (Å²) in [7, 11) is 3.34. The maximum atomic E-state index is 12.4. The smallest absolute Gasteiger partial charge is 0.260 e. The SMILES string of the molecule is COc1ncc(C2CCOCC2)c2sc(NC(=O)c3cnn(C)c3)nc12. The van der Waals surface area contributed by atoms with Gasteiger partial charge in [0.1, 0.15) is 5.52 Å². The number of nitrogens with one attached hydrogen (secondary N) is 1. The third-order valence-corrected chi connectivity index (χ3v) is 5.47. The van der Waals surface area contributed by atoms with E-state index < -0.39 is 0 Å². The molecule has 136 valence electrons. The van der Waals surface area contributed by atoms with Gasteiger partial charge in [0.15, 0.2) is 5.13 Å². The zero-order chi connectivity index (χ0) is 18.1. The number of pyridine rings is 1. The van der Waals surface area contributed by atoms with Crippen molar-refractivity contribution in [3.05, 3.63) is 29.7 Å². The Morgan fingerprint density at radius 2 is 2.19 bits per heavy atom. The van der Waals surface area contributed by atoms with Gasteiger partial charge >= 0.3 is 0 Å². The van der Waals surface area contributed by atoms with Crippen LogP contribution in [-0.2, 0) is 11.8 Å². The third-order valence-electron chi connectivity index (χ3n) is 4.45. The second-order valence-electron chi connectivity index (χ2n) is 6.16. The molecule has 9 heteroatoms. The Morgan fingerprint density at radius 3 is 2.88 bits per heavy atom. The van der Waals surface area contributed by atoms with Crippen LogP contribution in [0.4, 0.5) is 5.13 Å². The van der Waals surface area contributed by atoms with Crippen molar-refractivity contribution in [1.82, 2.24) is 19.7 Å². The molecule has 0 atom stereocenters. The van der Waals surface area contributed by atoms with Crippen molar-refractivity contribution < 1.29 is 14.3 Å². The Kier molecular flexibility index (Phi) is 4.56. The van der Waals surface area contributed by atoms with Crippen molar-refractivity contribution in [2.45, 2.75) is 18.8 Å². The van der Waals surface area contributed by atoms with Crippen LogP contribution in [0.2, 0.25) is 0 Å². The number of aromatic nitrogens is 4. The molecule has 1 fully saturated rings. The molecule has 8 nitrogen and oxygen atoms in total. The predicted molar refractivity (Wildman–Crippen MR) is 97.9 cm³/mol. The highest BCUT2D eigenvalue weighted by molar-refractivity contribution is 7.22. The van der Waals surface area contributed by atoms with Gasteiger partial charge in [-0.3, -0.25) is 14.8 Å². The Hall–Kier alpha value is -2.52. The Morgan fingerprint density at radius 1 is 1.38 bits per heavy atom. The molecule has 26 heavy (non-hydrogen) atoms. The maximum Gasteiger partial charge on any atom is 0.260 e. The highest BCUT2D eigenvalue weighted by Gasteiger charge is 2.23. The molecule has 0 aliphatic carbocycles. The molecule has 0 saturated carbocycles. The van der Waals surface area contributed by atoms with Crippen LogP contribution in [-0.4, -0.2) is 46.0 Å². The largest absolute Gasteiger partial charge is 0.479 e. The van der Waals surface area contributed by atoms with Crippen molar-refractivity contribution in [1.29, 1.82) is 0 Å². The molecule has 0 unspecified atom stereocenters. The summed E-state index contributed by atoms with van der Waals surface area (Å²) in [6.45, 7) is 1.50. The number of nitrogens with zero attached hydrogens (tertiary/aromatic N) is 4. The minimum absolute atomic E-state index is 0.239. The van der Waals surface area contributed by atoms with Crippen LogP contribution in [0, 0.1) is 0 Å². The van der Waals surface area contributed by atoms with Gasteiger partial charge < -0.3 is 9.47 Å². The van der Waals surface area contributed by atoms with Crippen LogP contribution in [0.25, 0.3) is 10.2 Å². The summed E-state index contributed by atoms with van der Waals surface area (Å²) >= 11 is 1.45. The van der Waals surface area contributed by atoms with E-state index in [1.807, 2.05) is 6.20 Å². The minimum Gasteiger partial charge on any atom is -0.479 e. The molecule has 1 N–H and O–H groups in total. The van der Waals surface area contributed by atoms with Crippen LogP contribution in [0.3, 0.4) is 0 Å². The molecule has 0 spiro atoms. The summed E-state index contributed by atoms with van der Waals surface area (Å²) in [4.78, 5) is 21.3. The van der Waals surface area contributed by atoms with E-state index in [4.69, 9.17) is 9.47 Å². The molecule has 1 amide bonds. The van der Waals surface area contributed by atoms with E-state index in [0.29, 0.717) is 28.0 Å². The van der Waals surface area contributed by atoms with Gasteiger partial charge in [0.05, 0.1) is 23.6 Å². The quantitative estimate of drug-likeness (QED) is 0.756. The van der Waals surface area contributed by atoms with E-state index in [1.165, 1.54) is 17.5 Å². The lowest BCUT2D eigenvalue weighted by Crippen LogP contribution is -2.14. The summed E-state index contributed by atoms with van der Waals surface area (Å²) < 4.78 is 13.4. The van der Waals surface area contributed by atoms with Gasteiger partial charge in [-0.05, 0) is 24.3 Å². The zero-order valence-electron chi connectivity index (χ0n) is 14.6. The van der Waals surface area contributed by atoms with Crippen LogP contribution in [0.5, 0.6) is 5.88 Å². The lowest BCUT2D eigenvalue weighted by Gasteiger charge is -2.22. The van der Waals surface area contributed by atoms with E-state index in [9.17, 15) is 4.79 Å². The Bertz CT molecular complexity index is 945. The number of fused-ring (bicyclic) bond motifs is 1. The van der Waals surface area contributed by atoms with Crippen LogP contribution in [0.15, 0.2) is 18.6 Å². The normalized spacial score (nSPS) is 15.3. The standard InChI is InChI=1S/C17H19N5O3S/c1-22-9-11(7-19-22)15(23)21-17-20-13-14(26-17)12(8-18-16(13)24-2)10-3-5-25-6-4-10/h7-10H,3-6H2,1-2H3,(H,20,21,23). The van der Waals surface area contributed by atoms with Gasteiger partial charge in [-0.1, -0.05) is 11.3 Å². The first-order chi connectivity index (χ1) is 12.7. The zero-order valence-corrected chi connectivity index (χ0v) is 15.4. The van der Waals surface area contributed by atoms with Crippen molar-refractivity contribution in [2.24, 2.45) is 7.05 Å². The van der Waals surface area contributed by atoms with Gasteiger partial charge in [-0.15, -0.1) is 0 Å². The molecule has 4 rings (SSSR count). The molecule has 1 saturated heterocycles. The Balaban J connectivity index is 1.69. The monoisotopic (exact) mass is 373 g/mol. The number of carbonyl (C=O) groups excluding carboxylic acids is 1. The first-order valence-corrected chi connectivity index (χ1v) is 9.18. The number of methoxy groups -OCH3 is 1. The maximum absolute atomic E-state index is 12.4.